The molecule has 4 rings (SSSR count). The highest BCUT2D eigenvalue weighted by molar-refractivity contribution is 5.96. The lowest BCUT2D eigenvalue weighted by Gasteiger charge is -2.27. The molecular weight excluding hydrogens is 459 g/mol. The number of carboxylic acid groups (broad SMARTS) is 1. The number of nitrogens with one attached hydrogen (secondary N) is 2. The Morgan fingerprint density at radius 1 is 1.09 bits per heavy atom. The van der Waals surface area contributed by atoms with Gasteiger partial charge >= 0.3 is 18.2 Å². The van der Waals surface area contributed by atoms with Gasteiger partial charge in [0.25, 0.3) is 5.91 Å². The first kappa shape index (κ1) is 23.1. The molecule has 178 valence electrons. The first-order chi connectivity index (χ1) is 16.1. The number of aliphatic carboxylic acids is 1. The summed E-state index contributed by atoms with van der Waals surface area (Å²) in [7, 11) is 0. The van der Waals surface area contributed by atoms with Crippen molar-refractivity contribution in [2.75, 3.05) is 6.61 Å². The molecule has 1 saturated heterocycles. The highest BCUT2D eigenvalue weighted by Crippen LogP contribution is 2.44. The van der Waals surface area contributed by atoms with Crippen molar-refractivity contribution in [1.82, 2.24) is 15.8 Å². The van der Waals surface area contributed by atoms with Crippen LogP contribution in [0.5, 0.6) is 0 Å². The number of carbonyl (C=O) groups excluding carboxylic acids is 3. The molecule has 0 saturated carbocycles. The maximum Gasteiger partial charge on any atom is 0.417 e. The quantitative estimate of drug-likeness (QED) is 0.606. The number of nitrogens with zero attached hydrogens (tertiary/aromatic N) is 1. The lowest BCUT2D eigenvalue weighted by atomic mass is 9.98. The third-order valence-electron chi connectivity index (χ3n) is 5.64. The Kier molecular flexibility index (Phi) is 5.90. The molecule has 2 aliphatic rings. The Labute approximate surface area is 190 Å². The molecular formula is C22H18F3N3O6. The van der Waals surface area contributed by atoms with Gasteiger partial charge in [-0.15, -0.1) is 0 Å². The summed E-state index contributed by atoms with van der Waals surface area (Å²) in [6.45, 7) is -0.295. The zero-order valence-corrected chi connectivity index (χ0v) is 17.3. The fraction of sp³-hybridized carbons (Fsp3) is 0.273. The van der Waals surface area contributed by atoms with Crippen LogP contribution < -0.4 is 10.7 Å². The minimum absolute atomic E-state index is 0.0621. The zero-order valence-electron chi connectivity index (χ0n) is 17.3. The number of hydrogen-bond acceptors (Lipinski definition) is 5. The van der Waals surface area contributed by atoms with Gasteiger partial charge in [0.1, 0.15) is 6.61 Å². The van der Waals surface area contributed by atoms with Crippen LogP contribution in [0.1, 0.15) is 23.5 Å². The first-order valence-corrected chi connectivity index (χ1v) is 10.1. The maximum absolute atomic E-state index is 13.6. The second kappa shape index (κ2) is 8.69. The van der Waals surface area contributed by atoms with Crippen LogP contribution in [0.25, 0.3) is 11.1 Å². The molecule has 3 N–H and O–H groups in total. The van der Waals surface area contributed by atoms with Gasteiger partial charge in [0.05, 0.1) is 6.42 Å². The van der Waals surface area contributed by atoms with E-state index >= 15 is 0 Å². The number of benzene rings is 2. The van der Waals surface area contributed by atoms with Gasteiger partial charge in [-0.1, -0.05) is 48.5 Å². The van der Waals surface area contributed by atoms with Crippen LogP contribution in [-0.2, 0) is 19.1 Å². The normalized spacial score (nSPS) is 18.0. The van der Waals surface area contributed by atoms with E-state index in [2.05, 4.69) is 0 Å². The monoisotopic (exact) mass is 477 g/mol. The van der Waals surface area contributed by atoms with Gasteiger partial charge in [-0.2, -0.15) is 13.2 Å². The predicted molar refractivity (Wildman–Crippen MR) is 109 cm³/mol. The fourth-order valence-electron chi connectivity index (χ4n) is 4.11. The first-order valence-electron chi connectivity index (χ1n) is 10.1. The SMILES string of the molecule is O=C1CC(C(=O)O)N(C(=O)C(NC(=O)OCC2c3ccccc3-c3ccccc32)C(F)(F)F)N1. The Bertz CT molecular complexity index is 1120. The average Bonchev–Trinajstić information content (AvgIpc) is 3.33. The number of ether oxygens (including phenoxy) is 1. The summed E-state index contributed by atoms with van der Waals surface area (Å²) in [5, 5.41) is 10.6. The third-order valence-corrected chi connectivity index (χ3v) is 5.64. The van der Waals surface area contributed by atoms with Crippen molar-refractivity contribution < 1.29 is 42.2 Å². The second-order valence-corrected chi connectivity index (χ2v) is 7.75. The Morgan fingerprint density at radius 3 is 2.18 bits per heavy atom. The molecule has 0 spiro atoms. The van der Waals surface area contributed by atoms with Crippen LogP contribution in [0, 0.1) is 0 Å². The van der Waals surface area contributed by atoms with Crippen LogP contribution in [0.15, 0.2) is 48.5 Å². The lowest BCUT2D eigenvalue weighted by molar-refractivity contribution is -0.179. The molecule has 2 aromatic rings. The van der Waals surface area contributed by atoms with E-state index in [1.165, 1.54) is 5.32 Å². The summed E-state index contributed by atoms with van der Waals surface area (Å²) in [6.07, 6.45) is -7.51. The molecule has 2 unspecified atom stereocenters. The van der Waals surface area contributed by atoms with Gasteiger partial charge in [-0.05, 0) is 22.3 Å². The van der Waals surface area contributed by atoms with Gasteiger partial charge in [0.2, 0.25) is 11.9 Å². The number of halogens is 3. The third kappa shape index (κ3) is 4.26. The summed E-state index contributed by atoms with van der Waals surface area (Å²) in [4.78, 5) is 47.4. The van der Waals surface area contributed by atoms with Crippen molar-refractivity contribution in [3.8, 4) is 11.1 Å². The number of hydrazine groups is 1. The van der Waals surface area contributed by atoms with Crippen LogP contribution in [0.3, 0.4) is 0 Å². The molecule has 0 aromatic heterocycles. The van der Waals surface area contributed by atoms with Crippen LogP contribution in [-0.4, -0.2) is 58.9 Å². The number of carbonyl (C=O) groups is 4. The van der Waals surface area contributed by atoms with E-state index < -0.39 is 54.5 Å². The van der Waals surface area contributed by atoms with Crippen molar-refractivity contribution >= 4 is 23.9 Å². The van der Waals surface area contributed by atoms with Crippen LogP contribution in [0.4, 0.5) is 18.0 Å². The highest BCUT2D eigenvalue weighted by atomic mass is 19.4. The molecule has 0 bridgehead atoms. The topological polar surface area (TPSA) is 125 Å². The molecule has 0 radical (unpaired) electrons. The molecule has 2 atom stereocenters. The molecule has 1 aliphatic heterocycles. The molecule has 12 heteroatoms. The minimum atomic E-state index is -5.28. The Balaban J connectivity index is 1.48. The molecule has 1 aliphatic carbocycles. The molecule has 3 amide bonds. The van der Waals surface area contributed by atoms with Gasteiger partial charge < -0.3 is 15.2 Å². The van der Waals surface area contributed by atoms with E-state index in [4.69, 9.17) is 9.84 Å². The van der Waals surface area contributed by atoms with E-state index in [1.807, 2.05) is 36.4 Å². The number of amides is 3. The van der Waals surface area contributed by atoms with E-state index in [9.17, 15) is 32.3 Å². The van der Waals surface area contributed by atoms with Crippen molar-refractivity contribution in [3.05, 3.63) is 59.7 Å². The number of rotatable bonds is 5. The van der Waals surface area contributed by atoms with Crippen molar-refractivity contribution in [2.45, 2.75) is 30.6 Å². The molecule has 1 fully saturated rings. The summed E-state index contributed by atoms with van der Waals surface area (Å²) in [6, 6.07) is 9.72. The van der Waals surface area contributed by atoms with Crippen molar-refractivity contribution in [2.24, 2.45) is 0 Å². The molecule has 9 nitrogen and oxygen atoms in total. The van der Waals surface area contributed by atoms with Gasteiger partial charge in [-0.25, -0.2) is 14.6 Å². The largest absolute Gasteiger partial charge is 0.480 e. The molecule has 34 heavy (non-hydrogen) atoms. The zero-order chi connectivity index (χ0) is 24.6. The molecule has 2 aromatic carbocycles. The number of hydrogen-bond donors (Lipinski definition) is 3. The average molecular weight is 477 g/mol. The summed E-state index contributed by atoms with van der Waals surface area (Å²) in [5.41, 5.74) is 5.29. The van der Waals surface area contributed by atoms with Gasteiger partial charge in [-0.3, -0.25) is 15.0 Å². The highest BCUT2D eigenvalue weighted by Gasteiger charge is 2.52. The smallest absolute Gasteiger partial charge is 0.417 e. The summed E-state index contributed by atoms with van der Waals surface area (Å²) >= 11 is 0. The number of alkyl carbamates (subject to hydrolysis) is 1. The van der Waals surface area contributed by atoms with E-state index in [1.54, 1.807) is 17.6 Å². The van der Waals surface area contributed by atoms with Crippen molar-refractivity contribution in [3.63, 3.8) is 0 Å². The van der Waals surface area contributed by atoms with Crippen LogP contribution >= 0.6 is 0 Å². The lowest BCUT2D eigenvalue weighted by Crippen LogP contribution is -2.60. The fourth-order valence-corrected chi connectivity index (χ4v) is 4.11. The minimum Gasteiger partial charge on any atom is -0.480 e. The van der Waals surface area contributed by atoms with Gasteiger partial charge in [0.15, 0.2) is 6.04 Å². The molecule has 1 heterocycles. The van der Waals surface area contributed by atoms with E-state index in [-0.39, 0.29) is 11.6 Å². The summed E-state index contributed by atoms with van der Waals surface area (Å²) in [5.74, 6) is -4.89. The Hall–Kier alpha value is -4.09. The predicted octanol–water partition coefficient (Wildman–Crippen LogP) is 2.17. The van der Waals surface area contributed by atoms with Crippen molar-refractivity contribution in [1.29, 1.82) is 0 Å². The number of alkyl halides is 3. The standard InChI is InChI=1S/C22H18F3N3O6/c23-22(24,25)18(19(30)28-16(20(31)32)9-17(29)27-28)26-21(33)34-10-15-13-7-3-1-5-11(13)12-6-2-4-8-14(12)15/h1-8,15-16,18H,9-10H2,(H,26,33)(H,27,29)(H,31,32). The number of fused-ring (bicyclic) bond motifs is 3. The Morgan fingerprint density at radius 2 is 1.65 bits per heavy atom. The van der Waals surface area contributed by atoms with E-state index in [0.29, 0.717) is 0 Å². The van der Waals surface area contributed by atoms with Crippen LogP contribution in [0.2, 0.25) is 0 Å². The second-order valence-electron chi connectivity index (χ2n) is 7.75. The summed E-state index contributed by atoms with van der Waals surface area (Å²) < 4.78 is 45.8. The number of carboxylic acids is 1. The van der Waals surface area contributed by atoms with E-state index in [0.717, 1.165) is 22.3 Å². The van der Waals surface area contributed by atoms with Gasteiger partial charge in [0, 0.05) is 5.92 Å². The maximum atomic E-state index is 13.6.